The van der Waals surface area contributed by atoms with E-state index in [-0.39, 0.29) is 5.54 Å². The van der Waals surface area contributed by atoms with Crippen LogP contribution in [0.2, 0.25) is 0 Å². The number of nitrogens with zero attached hydrogens (tertiary/aromatic N) is 2. The molecule has 112 valence electrons. The van der Waals surface area contributed by atoms with E-state index in [1.807, 2.05) is 7.11 Å². The summed E-state index contributed by atoms with van der Waals surface area (Å²) in [6, 6.07) is 0.621. The lowest BCUT2D eigenvalue weighted by Gasteiger charge is -2.46. The largest absolute Gasteiger partial charge is 0.380 e. The molecule has 0 aliphatic carbocycles. The Morgan fingerprint density at radius 1 is 1.37 bits per heavy atom. The number of likely N-dealkylation sites (tertiary alicyclic amines) is 2. The topological polar surface area (TPSA) is 41.7 Å². The standard InChI is InChI=1S/C15H31N3O/c1-12(2)17-8-6-15(10-16,11-17)18-7-5-13(3)14(9-18)19-4/h12-14H,5-11,16H2,1-4H3. The Kier molecular flexibility index (Phi) is 4.88. The second-order valence-electron chi connectivity index (χ2n) is 6.73. The zero-order valence-corrected chi connectivity index (χ0v) is 13.1. The van der Waals surface area contributed by atoms with Gasteiger partial charge in [0.2, 0.25) is 0 Å². The average molecular weight is 269 g/mol. The van der Waals surface area contributed by atoms with Crippen LogP contribution in [0.25, 0.3) is 0 Å². The average Bonchev–Trinajstić information content (AvgIpc) is 2.85. The minimum atomic E-state index is 0.182. The summed E-state index contributed by atoms with van der Waals surface area (Å²) in [4.78, 5) is 5.18. The highest BCUT2D eigenvalue weighted by Crippen LogP contribution is 2.32. The van der Waals surface area contributed by atoms with Crippen LogP contribution in [0, 0.1) is 5.92 Å². The molecular weight excluding hydrogens is 238 g/mol. The van der Waals surface area contributed by atoms with Crippen molar-refractivity contribution >= 4 is 0 Å². The molecule has 0 aromatic rings. The third kappa shape index (κ3) is 2.97. The minimum absolute atomic E-state index is 0.182. The van der Waals surface area contributed by atoms with Gasteiger partial charge in [-0.25, -0.2) is 0 Å². The molecule has 0 saturated carbocycles. The Morgan fingerprint density at radius 3 is 2.63 bits per heavy atom. The summed E-state index contributed by atoms with van der Waals surface area (Å²) in [7, 11) is 1.84. The zero-order chi connectivity index (χ0) is 14.0. The van der Waals surface area contributed by atoms with E-state index in [0.29, 0.717) is 18.1 Å². The van der Waals surface area contributed by atoms with E-state index in [9.17, 15) is 0 Å². The number of hydrogen-bond donors (Lipinski definition) is 1. The summed E-state index contributed by atoms with van der Waals surface area (Å²) < 4.78 is 5.66. The molecule has 2 N–H and O–H groups in total. The number of piperidine rings is 1. The van der Waals surface area contributed by atoms with Crippen LogP contribution in [0.5, 0.6) is 0 Å². The Labute approximate surface area is 118 Å². The molecule has 2 saturated heterocycles. The molecule has 0 radical (unpaired) electrons. The van der Waals surface area contributed by atoms with E-state index < -0.39 is 0 Å². The van der Waals surface area contributed by atoms with Crippen molar-refractivity contribution in [3.63, 3.8) is 0 Å². The number of rotatable bonds is 4. The van der Waals surface area contributed by atoms with Gasteiger partial charge in [-0.05, 0) is 39.2 Å². The van der Waals surface area contributed by atoms with Gasteiger partial charge in [0, 0.05) is 44.9 Å². The number of hydrogen-bond acceptors (Lipinski definition) is 4. The van der Waals surface area contributed by atoms with Gasteiger partial charge >= 0.3 is 0 Å². The minimum Gasteiger partial charge on any atom is -0.380 e. The molecule has 19 heavy (non-hydrogen) atoms. The summed E-state index contributed by atoms with van der Waals surface area (Å²) in [5, 5.41) is 0. The quantitative estimate of drug-likeness (QED) is 0.831. The number of methoxy groups -OCH3 is 1. The first kappa shape index (κ1) is 15.2. The van der Waals surface area contributed by atoms with Crippen molar-refractivity contribution in [3.05, 3.63) is 0 Å². The molecule has 2 aliphatic rings. The molecular formula is C15H31N3O. The summed E-state index contributed by atoms with van der Waals surface area (Å²) in [6.45, 7) is 12.1. The van der Waals surface area contributed by atoms with Crippen molar-refractivity contribution in [2.75, 3.05) is 39.8 Å². The summed E-state index contributed by atoms with van der Waals surface area (Å²) >= 11 is 0. The molecule has 2 fully saturated rings. The summed E-state index contributed by atoms with van der Waals surface area (Å²) in [5.41, 5.74) is 6.36. The fourth-order valence-electron chi connectivity index (χ4n) is 3.65. The van der Waals surface area contributed by atoms with Crippen molar-refractivity contribution in [1.82, 2.24) is 9.80 Å². The van der Waals surface area contributed by atoms with Gasteiger partial charge < -0.3 is 10.5 Å². The maximum absolute atomic E-state index is 6.17. The third-order valence-electron chi connectivity index (χ3n) is 5.33. The van der Waals surface area contributed by atoms with Gasteiger partial charge in [0.1, 0.15) is 0 Å². The fraction of sp³-hybridized carbons (Fsp3) is 1.00. The van der Waals surface area contributed by atoms with Gasteiger partial charge in [-0.3, -0.25) is 9.80 Å². The van der Waals surface area contributed by atoms with Crippen LogP contribution in [0.3, 0.4) is 0 Å². The van der Waals surface area contributed by atoms with Crippen molar-refractivity contribution in [2.24, 2.45) is 11.7 Å². The zero-order valence-electron chi connectivity index (χ0n) is 13.1. The van der Waals surface area contributed by atoms with Crippen molar-refractivity contribution in [2.45, 2.75) is 51.3 Å². The Morgan fingerprint density at radius 2 is 2.11 bits per heavy atom. The first-order valence-corrected chi connectivity index (χ1v) is 7.74. The molecule has 0 aromatic heterocycles. The van der Waals surface area contributed by atoms with E-state index in [1.165, 1.54) is 25.9 Å². The molecule has 2 heterocycles. The van der Waals surface area contributed by atoms with Crippen LogP contribution >= 0.6 is 0 Å². The van der Waals surface area contributed by atoms with Gasteiger partial charge in [0.15, 0.2) is 0 Å². The van der Waals surface area contributed by atoms with Gasteiger partial charge in [-0.2, -0.15) is 0 Å². The van der Waals surface area contributed by atoms with Crippen LogP contribution < -0.4 is 5.73 Å². The lowest BCUT2D eigenvalue weighted by molar-refractivity contribution is -0.0425. The molecule has 3 unspecified atom stereocenters. The van der Waals surface area contributed by atoms with E-state index in [1.54, 1.807) is 0 Å². The van der Waals surface area contributed by atoms with Crippen LogP contribution in [0.4, 0.5) is 0 Å². The first-order chi connectivity index (χ1) is 9.02. The van der Waals surface area contributed by atoms with Crippen LogP contribution in [-0.4, -0.2) is 67.3 Å². The SMILES string of the molecule is COC1CN(C2(CN)CCN(C(C)C)C2)CCC1C. The predicted octanol–water partition coefficient (Wildman–Crippen LogP) is 1.15. The number of ether oxygens (including phenoxy) is 1. The van der Waals surface area contributed by atoms with E-state index in [4.69, 9.17) is 10.5 Å². The van der Waals surface area contributed by atoms with Crippen LogP contribution in [-0.2, 0) is 4.74 Å². The highest BCUT2D eigenvalue weighted by Gasteiger charge is 2.44. The van der Waals surface area contributed by atoms with Gasteiger partial charge in [-0.15, -0.1) is 0 Å². The first-order valence-electron chi connectivity index (χ1n) is 7.74. The van der Waals surface area contributed by atoms with E-state index in [0.717, 1.165) is 19.6 Å². The van der Waals surface area contributed by atoms with Crippen LogP contribution in [0.1, 0.15) is 33.6 Å². The van der Waals surface area contributed by atoms with Crippen LogP contribution in [0.15, 0.2) is 0 Å². The monoisotopic (exact) mass is 269 g/mol. The molecule has 0 bridgehead atoms. The molecule has 2 rings (SSSR count). The molecule has 0 amide bonds. The second-order valence-corrected chi connectivity index (χ2v) is 6.73. The van der Waals surface area contributed by atoms with Crippen molar-refractivity contribution in [3.8, 4) is 0 Å². The Balaban J connectivity index is 2.06. The van der Waals surface area contributed by atoms with Crippen molar-refractivity contribution in [1.29, 1.82) is 0 Å². The third-order valence-corrected chi connectivity index (χ3v) is 5.33. The molecule has 4 nitrogen and oxygen atoms in total. The van der Waals surface area contributed by atoms with E-state index >= 15 is 0 Å². The predicted molar refractivity (Wildman–Crippen MR) is 79.3 cm³/mol. The molecule has 4 heteroatoms. The molecule has 2 aliphatic heterocycles. The maximum atomic E-state index is 6.17. The highest BCUT2D eigenvalue weighted by atomic mass is 16.5. The van der Waals surface area contributed by atoms with Gasteiger partial charge in [-0.1, -0.05) is 6.92 Å². The Hall–Kier alpha value is -0.160. The lowest BCUT2D eigenvalue weighted by Crippen LogP contribution is -2.60. The van der Waals surface area contributed by atoms with Crippen molar-refractivity contribution < 1.29 is 4.74 Å². The lowest BCUT2D eigenvalue weighted by atomic mass is 9.88. The highest BCUT2D eigenvalue weighted by molar-refractivity contribution is 5.02. The van der Waals surface area contributed by atoms with E-state index in [2.05, 4.69) is 30.6 Å². The summed E-state index contributed by atoms with van der Waals surface area (Å²) in [6.07, 6.45) is 2.79. The van der Waals surface area contributed by atoms with Gasteiger partial charge in [0.25, 0.3) is 0 Å². The fourth-order valence-corrected chi connectivity index (χ4v) is 3.65. The molecule has 0 aromatic carbocycles. The smallest absolute Gasteiger partial charge is 0.0724 e. The maximum Gasteiger partial charge on any atom is 0.0724 e. The number of nitrogens with two attached hydrogens (primary N) is 1. The summed E-state index contributed by atoms with van der Waals surface area (Å²) in [5.74, 6) is 0.665. The molecule has 0 spiro atoms. The van der Waals surface area contributed by atoms with Gasteiger partial charge in [0.05, 0.1) is 6.10 Å². The normalized spacial score (nSPS) is 38.2. The second kappa shape index (κ2) is 6.08. The molecule has 3 atom stereocenters. The Bertz CT molecular complexity index is 297.